The van der Waals surface area contributed by atoms with Crippen LogP contribution in [-0.4, -0.2) is 17.8 Å². The third-order valence-electron chi connectivity index (χ3n) is 5.77. The van der Waals surface area contributed by atoms with E-state index in [-0.39, 0.29) is 5.57 Å². The number of allylic oxidation sites excluding steroid dienone is 1. The molecule has 0 radical (unpaired) electrons. The Bertz CT molecular complexity index is 1340. The van der Waals surface area contributed by atoms with Crippen molar-refractivity contribution in [3.63, 3.8) is 0 Å². The van der Waals surface area contributed by atoms with Crippen molar-refractivity contribution >= 4 is 45.5 Å². The molecular weight excluding hydrogens is 520 g/mol. The normalized spacial score (nSPS) is 14.7. The van der Waals surface area contributed by atoms with Gasteiger partial charge in [0.15, 0.2) is 0 Å². The number of carbonyl (C=O) groups is 3. The van der Waals surface area contributed by atoms with E-state index in [4.69, 9.17) is 4.74 Å². The molecule has 0 atom stereocenters. The number of barbiturate groups is 1. The van der Waals surface area contributed by atoms with Crippen LogP contribution in [0, 0.1) is 0 Å². The predicted octanol–water partition coefficient (Wildman–Crippen LogP) is 5.99. The largest absolute Gasteiger partial charge is 0.489 e. The van der Waals surface area contributed by atoms with Crippen molar-refractivity contribution in [2.75, 3.05) is 4.90 Å². The molecule has 1 aliphatic rings. The van der Waals surface area contributed by atoms with Gasteiger partial charge in [-0.2, -0.15) is 0 Å². The van der Waals surface area contributed by atoms with Crippen molar-refractivity contribution < 1.29 is 19.1 Å². The highest BCUT2D eigenvalue weighted by Gasteiger charge is 2.36. The molecule has 182 valence electrons. The SMILES string of the molecule is C=CCc1cc(/C=C2/C(=O)NC(=O)N(c3ccc(CC)cc3)C2=O)ccc1OCc1ccc(Br)cc1. The van der Waals surface area contributed by atoms with Crippen LogP contribution in [0.25, 0.3) is 6.08 Å². The van der Waals surface area contributed by atoms with Gasteiger partial charge in [-0.1, -0.05) is 59.3 Å². The van der Waals surface area contributed by atoms with Crippen LogP contribution in [0.5, 0.6) is 5.75 Å². The highest BCUT2D eigenvalue weighted by molar-refractivity contribution is 9.10. The Kier molecular flexibility index (Phi) is 7.80. The lowest BCUT2D eigenvalue weighted by Gasteiger charge is -2.26. The van der Waals surface area contributed by atoms with Crippen molar-refractivity contribution in [3.05, 3.63) is 112 Å². The molecule has 7 heteroatoms. The molecule has 6 nitrogen and oxygen atoms in total. The standard InChI is InChI=1S/C29H25BrN2O4/c1-3-5-22-16-21(10-15-26(22)36-18-20-6-11-23(30)12-7-20)17-25-27(33)31-29(35)32(28(25)34)24-13-8-19(4-2)9-14-24/h3,6-17H,1,4-5,18H2,2H3,(H,31,33,35)/b25-17-. The maximum atomic E-state index is 13.2. The van der Waals surface area contributed by atoms with Crippen molar-refractivity contribution in [3.8, 4) is 5.75 Å². The summed E-state index contributed by atoms with van der Waals surface area (Å²) in [4.78, 5) is 39.2. The number of ether oxygens (including phenoxy) is 1. The van der Waals surface area contributed by atoms with Crippen LogP contribution < -0.4 is 15.0 Å². The number of nitrogens with one attached hydrogen (secondary N) is 1. The van der Waals surface area contributed by atoms with Crippen molar-refractivity contribution in [1.82, 2.24) is 5.32 Å². The molecule has 1 N–H and O–H groups in total. The van der Waals surface area contributed by atoms with E-state index in [1.165, 1.54) is 6.08 Å². The topological polar surface area (TPSA) is 75.7 Å². The molecule has 36 heavy (non-hydrogen) atoms. The first kappa shape index (κ1) is 25.1. The number of rotatable bonds is 8. The second-order valence-electron chi connectivity index (χ2n) is 8.25. The van der Waals surface area contributed by atoms with Crippen molar-refractivity contribution in [1.29, 1.82) is 0 Å². The van der Waals surface area contributed by atoms with Crippen molar-refractivity contribution in [2.24, 2.45) is 0 Å². The number of hydrogen-bond acceptors (Lipinski definition) is 4. The van der Waals surface area contributed by atoms with Gasteiger partial charge in [0.1, 0.15) is 17.9 Å². The van der Waals surface area contributed by atoms with Gasteiger partial charge in [-0.3, -0.25) is 14.9 Å². The van der Waals surface area contributed by atoms with Crippen molar-refractivity contribution in [2.45, 2.75) is 26.4 Å². The summed E-state index contributed by atoms with van der Waals surface area (Å²) >= 11 is 3.43. The number of benzene rings is 3. The first-order valence-electron chi connectivity index (χ1n) is 11.5. The summed E-state index contributed by atoms with van der Waals surface area (Å²) in [7, 11) is 0. The van der Waals surface area contributed by atoms with Crippen LogP contribution in [0.1, 0.15) is 29.2 Å². The average molecular weight is 545 g/mol. The van der Waals surface area contributed by atoms with E-state index < -0.39 is 17.8 Å². The Labute approximate surface area is 218 Å². The molecule has 3 aromatic carbocycles. The maximum absolute atomic E-state index is 13.2. The second-order valence-corrected chi connectivity index (χ2v) is 9.17. The van der Waals surface area contributed by atoms with E-state index in [1.807, 2.05) is 55.5 Å². The molecule has 0 bridgehead atoms. The molecule has 1 fully saturated rings. The highest BCUT2D eigenvalue weighted by Crippen LogP contribution is 2.26. The molecule has 0 saturated carbocycles. The Balaban J connectivity index is 1.60. The Morgan fingerprint density at radius 1 is 0.972 bits per heavy atom. The zero-order chi connectivity index (χ0) is 25.7. The van der Waals surface area contributed by atoms with Crippen LogP contribution in [0.15, 0.2) is 89.4 Å². The molecule has 0 spiro atoms. The van der Waals surface area contributed by atoms with Gasteiger partial charge < -0.3 is 4.74 Å². The number of anilines is 1. The van der Waals surface area contributed by atoms with Gasteiger partial charge in [-0.05, 0) is 77.6 Å². The number of urea groups is 1. The minimum absolute atomic E-state index is 0.123. The van der Waals surface area contributed by atoms with Gasteiger partial charge >= 0.3 is 6.03 Å². The fraction of sp³-hybridized carbons (Fsp3) is 0.138. The summed E-state index contributed by atoms with van der Waals surface area (Å²) < 4.78 is 7.02. The van der Waals surface area contributed by atoms with E-state index in [0.717, 1.165) is 32.5 Å². The van der Waals surface area contributed by atoms with Gasteiger partial charge in [0.2, 0.25) is 0 Å². The van der Waals surface area contributed by atoms with Gasteiger partial charge in [0, 0.05) is 4.47 Å². The van der Waals surface area contributed by atoms with Gasteiger partial charge in [0.25, 0.3) is 11.8 Å². The van der Waals surface area contributed by atoms with Crippen LogP contribution in [0.3, 0.4) is 0 Å². The summed E-state index contributed by atoms with van der Waals surface area (Å²) in [6, 6.07) is 19.6. The smallest absolute Gasteiger partial charge is 0.335 e. The Morgan fingerprint density at radius 2 is 1.67 bits per heavy atom. The van der Waals surface area contributed by atoms with Crippen LogP contribution in [0.4, 0.5) is 10.5 Å². The number of amides is 4. The first-order chi connectivity index (χ1) is 17.4. The fourth-order valence-corrected chi connectivity index (χ4v) is 4.09. The van der Waals surface area contributed by atoms with Gasteiger partial charge in [-0.15, -0.1) is 6.58 Å². The molecule has 4 amide bonds. The number of aryl methyl sites for hydroxylation is 1. The molecule has 0 unspecified atom stereocenters. The average Bonchev–Trinajstić information content (AvgIpc) is 2.87. The van der Waals surface area contributed by atoms with Crippen LogP contribution in [0.2, 0.25) is 0 Å². The van der Waals surface area contributed by atoms with Crippen LogP contribution in [-0.2, 0) is 29.0 Å². The molecule has 1 saturated heterocycles. The molecule has 4 rings (SSSR count). The van der Waals surface area contributed by atoms with Gasteiger partial charge in [0.05, 0.1) is 5.69 Å². The monoisotopic (exact) mass is 544 g/mol. The zero-order valence-corrected chi connectivity index (χ0v) is 21.4. The van der Waals surface area contributed by atoms with E-state index >= 15 is 0 Å². The second kappa shape index (κ2) is 11.2. The summed E-state index contributed by atoms with van der Waals surface area (Å²) in [5.41, 5.74) is 3.88. The number of carbonyl (C=O) groups excluding carboxylic acids is 3. The molecule has 1 aliphatic heterocycles. The Morgan fingerprint density at radius 3 is 2.33 bits per heavy atom. The van der Waals surface area contributed by atoms with E-state index in [0.29, 0.717) is 30.0 Å². The lowest BCUT2D eigenvalue weighted by atomic mass is 10.0. The fourth-order valence-electron chi connectivity index (χ4n) is 3.83. The lowest BCUT2D eigenvalue weighted by molar-refractivity contribution is -0.122. The zero-order valence-electron chi connectivity index (χ0n) is 19.8. The number of nitrogens with zero attached hydrogens (tertiary/aromatic N) is 1. The Hall–Kier alpha value is -3.97. The first-order valence-corrected chi connectivity index (χ1v) is 12.3. The molecule has 0 aliphatic carbocycles. The number of hydrogen-bond donors (Lipinski definition) is 1. The van der Waals surface area contributed by atoms with Crippen LogP contribution >= 0.6 is 15.9 Å². The van der Waals surface area contributed by atoms with E-state index in [1.54, 1.807) is 24.3 Å². The lowest BCUT2D eigenvalue weighted by Crippen LogP contribution is -2.54. The minimum Gasteiger partial charge on any atom is -0.489 e. The summed E-state index contributed by atoms with van der Waals surface area (Å²) in [6.07, 6.45) is 4.63. The maximum Gasteiger partial charge on any atom is 0.335 e. The summed E-state index contributed by atoms with van der Waals surface area (Å²) in [5, 5.41) is 2.27. The molecule has 3 aromatic rings. The number of halogens is 1. The summed E-state index contributed by atoms with van der Waals surface area (Å²) in [6.45, 7) is 6.23. The molecular formula is C29H25BrN2O4. The molecule has 0 aromatic heterocycles. The summed E-state index contributed by atoms with van der Waals surface area (Å²) in [5.74, 6) is -0.715. The molecule has 1 heterocycles. The quantitative estimate of drug-likeness (QED) is 0.215. The third-order valence-corrected chi connectivity index (χ3v) is 6.30. The third kappa shape index (κ3) is 5.63. The van der Waals surface area contributed by atoms with E-state index in [2.05, 4.69) is 27.8 Å². The van der Waals surface area contributed by atoms with E-state index in [9.17, 15) is 14.4 Å². The minimum atomic E-state index is -0.768. The predicted molar refractivity (Wildman–Crippen MR) is 144 cm³/mol. The van der Waals surface area contributed by atoms with Gasteiger partial charge in [-0.25, -0.2) is 9.69 Å². The number of imide groups is 2. The highest BCUT2D eigenvalue weighted by atomic mass is 79.9.